The van der Waals surface area contributed by atoms with Crippen LogP contribution >= 0.6 is 0 Å². The van der Waals surface area contributed by atoms with E-state index in [-0.39, 0.29) is 17.1 Å². The molecule has 0 aromatic heterocycles. The summed E-state index contributed by atoms with van der Waals surface area (Å²) >= 11 is 0. The third-order valence-electron chi connectivity index (χ3n) is 2.60. The Kier molecular flexibility index (Phi) is 4.90. The Labute approximate surface area is 101 Å². The molecule has 1 rings (SSSR count). The SMILES string of the molecule is O=S(=O)(C(F)F)N(CC(F)(F)F)C1CCNCC1. The Morgan fingerprint density at radius 3 is 2.11 bits per heavy atom. The Hall–Kier alpha value is -0.480. The minimum absolute atomic E-state index is 0.0853. The highest BCUT2D eigenvalue weighted by Gasteiger charge is 2.44. The fraction of sp³-hybridized carbons (Fsp3) is 1.00. The molecule has 0 amide bonds. The van der Waals surface area contributed by atoms with Gasteiger partial charge < -0.3 is 5.32 Å². The van der Waals surface area contributed by atoms with Crippen molar-refractivity contribution in [1.82, 2.24) is 9.62 Å². The maximum atomic E-state index is 12.4. The fourth-order valence-electron chi connectivity index (χ4n) is 1.80. The van der Waals surface area contributed by atoms with E-state index < -0.39 is 34.5 Å². The zero-order valence-electron chi connectivity index (χ0n) is 9.25. The quantitative estimate of drug-likeness (QED) is 0.792. The summed E-state index contributed by atoms with van der Waals surface area (Å²) < 4.78 is 84.0. The van der Waals surface area contributed by atoms with Gasteiger partial charge in [-0.3, -0.25) is 0 Å². The summed E-state index contributed by atoms with van der Waals surface area (Å²) in [4.78, 5) is 0. The first-order valence-electron chi connectivity index (χ1n) is 5.21. The van der Waals surface area contributed by atoms with Crippen LogP contribution in [0.4, 0.5) is 22.0 Å². The number of sulfonamides is 1. The van der Waals surface area contributed by atoms with Crippen LogP contribution in [0.1, 0.15) is 12.8 Å². The van der Waals surface area contributed by atoms with Crippen LogP contribution in [-0.2, 0) is 10.0 Å². The van der Waals surface area contributed by atoms with Crippen molar-refractivity contribution in [1.29, 1.82) is 0 Å². The van der Waals surface area contributed by atoms with Gasteiger partial charge in [0, 0.05) is 6.04 Å². The van der Waals surface area contributed by atoms with Gasteiger partial charge in [-0.1, -0.05) is 0 Å². The van der Waals surface area contributed by atoms with Gasteiger partial charge >= 0.3 is 11.9 Å². The fourth-order valence-corrected chi connectivity index (χ4v) is 2.96. The van der Waals surface area contributed by atoms with E-state index in [0.717, 1.165) is 0 Å². The molecule has 1 N–H and O–H groups in total. The molecule has 0 aromatic rings. The van der Waals surface area contributed by atoms with Crippen LogP contribution in [0, 0.1) is 0 Å². The van der Waals surface area contributed by atoms with Crippen LogP contribution in [0.3, 0.4) is 0 Å². The maximum absolute atomic E-state index is 12.4. The summed E-state index contributed by atoms with van der Waals surface area (Å²) in [6, 6.07) is -1.04. The molecule has 1 aliphatic rings. The van der Waals surface area contributed by atoms with E-state index in [1.807, 2.05) is 0 Å². The molecule has 1 aliphatic heterocycles. The zero-order chi connectivity index (χ0) is 14.0. The van der Waals surface area contributed by atoms with Gasteiger partial charge in [0.15, 0.2) is 0 Å². The molecule has 0 aliphatic carbocycles. The van der Waals surface area contributed by atoms with Crippen molar-refractivity contribution in [2.24, 2.45) is 0 Å². The highest BCUT2D eigenvalue weighted by atomic mass is 32.2. The first-order chi connectivity index (χ1) is 8.14. The molecule has 0 radical (unpaired) electrons. The molecule has 1 fully saturated rings. The molecule has 10 heteroatoms. The molecular formula is C8H13F5N2O2S. The third kappa shape index (κ3) is 4.02. The first-order valence-corrected chi connectivity index (χ1v) is 6.71. The maximum Gasteiger partial charge on any atom is 0.402 e. The minimum atomic E-state index is -5.22. The van der Waals surface area contributed by atoms with Crippen LogP contribution in [-0.4, -0.2) is 50.3 Å². The summed E-state index contributed by atoms with van der Waals surface area (Å²) in [5, 5.41) is 2.82. The van der Waals surface area contributed by atoms with E-state index in [9.17, 15) is 30.4 Å². The molecule has 0 spiro atoms. The Morgan fingerprint density at radius 2 is 1.72 bits per heavy atom. The lowest BCUT2D eigenvalue weighted by atomic mass is 10.1. The first kappa shape index (κ1) is 15.6. The zero-order valence-corrected chi connectivity index (χ0v) is 10.1. The second-order valence-electron chi connectivity index (χ2n) is 3.95. The van der Waals surface area contributed by atoms with Crippen LogP contribution in [0.25, 0.3) is 0 Å². The van der Waals surface area contributed by atoms with E-state index >= 15 is 0 Å². The van der Waals surface area contributed by atoms with E-state index in [1.54, 1.807) is 0 Å². The Bertz CT molecular complexity index is 364. The largest absolute Gasteiger partial charge is 0.402 e. The smallest absolute Gasteiger partial charge is 0.317 e. The minimum Gasteiger partial charge on any atom is -0.317 e. The molecule has 1 heterocycles. The van der Waals surface area contributed by atoms with Crippen molar-refractivity contribution >= 4 is 10.0 Å². The van der Waals surface area contributed by atoms with E-state index in [0.29, 0.717) is 13.1 Å². The molecule has 0 bridgehead atoms. The van der Waals surface area contributed by atoms with E-state index in [1.165, 1.54) is 0 Å². The van der Waals surface area contributed by atoms with Crippen LogP contribution in [0.2, 0.25) is 0 Å². The molecule has 0 aromatic carbocycles. The predicted octanol–water partition coefficient (Wildman–Crippen LogP) is 1.16. The summed E-state index contributed by atoms with van der Waals surface area (Å²) in [5.74, 6) is -3.84. The second kappa shape index (κ2) is 5.66. The van der Waals surface area contributed by atoms with Crippen molar-refractivity contribution in [3.8, 4) is 0 Å². The van der Waals surface area contributed by atoms with Crippen LogP contribution in [0.15, 0.2) is 0 Å². The van der Waals surface area contributed by atoms with Crippen LogP contribution in [0.5, 0.6) is 0 Å². The van der Waals surface area contributed by atoms with Crippen molar-refractivity contribution in [2.45, 2.75) is 30.8 Å². The predicted molar refractivity (Wildman–Crippen MR) is 53.6 cm³/mol. The van der Waals surface area contributed by atoms with Crippen molar-refractivity contribution in [3.63, 3.8) is 0 Å². The van der Waals surface area contributed by atoms with E-state index in [2.05, 4.69) is 5.32 Å². The Morgan fingerprint density at radius 1 is 1.22 bits per heavy atom. The van der Waals surface area contributed by atoms with Crippen molar-refractivity contribution in [2.75, 3.05) is 19.6 Å². The number of nitrogens with one attached hydrogen (secondary N) is 1. The number of alkyl halides is 5. The molecule has 0 unspecified atom stereocenters. The van der Waals surface area contributed by atoms with Gasteiger partial charge in [-0.05, 0) is 25.9 Å². The van der Waals surface area contributed by atoms with Gasteiger partial charge in [-0.25, -0.2) is 8.42 Å². The lowest BCUT2D eigenvalue weighted by Gasteiger charge is -2.33. The lowest BCUT2D eigenvalue weighted by Crippen LogP contribution is -2.51. The number of hydrogen-bond acceptors (Lipinski definition) is 3. The topological polar surface area (TPSA) is 49.4 Å². The highest BCUT2D eigenvalue weighted by Crippen LogP contribution is 2.26. The van der Waals surface area contributed by atoms with Crippen molar-refractivity contribution < 1.29 is 30.4 Å². The molecule has 108 valence electrons. The average Bonchev–Trinajstić information content (AvgIpc) is 2.25. The molecule has 18 heavy (non-hydrogen) atoms. The number of piperidine rings is 1. The average molecular weight is 296 g/mol. The third-order valence-corrected chi connectivity index (χ3v) is 4.13. The van der Waals surface area contributed by atoms with Gasteiger partial charge in [-0.2, -0.15) is 26.3 Å². The van der Waals surface area contributed by atoms with Crippen LogP contribution < -0.4 is 5.32 Å². The summed E-state index contributed by atoms with van der Waals surface area (Å²) in [6.45, 7) is -1.26. The highest BCUT2D eigenvalue weighted by molar-refractivity contribution is 7.89. The molecule has 1 saturated heterocycles. The molecule has 4 nitrogen and oxygen atoms in total. The number of halogens is 5. The number of nitrogens with zero attached hydrogens (tertiary/aromatic N) is 1. The standard InChI is InChI=1S/C8H13F5N2O2S/c9-7(10)18(16,17)15(5-8(11,12)13)6-1-3-14-4-2-6/h6-7,14H,1-5H2. The normalized spacial score (nSPS) is 19.7. The summed E-state index contributed by atoms with van der Waals surface area (Å²) in [5.41, 5.74) is 0. The van der Waals surface area contributed by atoms with Gasteiger partial charge in [0.1, 0.15) is 6.54 Å². The molecule has 0 saturated carbocycles. The summed E-state index contributed by atoms with van der Waals surface area (Å²) in [6.07, 6.45) is -4.67. The van der Waals surface area contributed by atoms with Gasteiger partial charge in [0.2, 0.25) is 0 Å². The van der Waals surface area contributed by atoms with Gasteiger partial charge in [0.05, 0.1) is 0 Å². The van der Waals surface area contributed by atoms with Gasteiger partial charge in [0.25, 0.3) is 10.0 Å². The monoisotopic (exact) mass is 296 g/mol. The Balaban J connectivity index is 2.94. The molecular weight excluding hydrogens is 283 g/mol. The summed E-state index contributed by atoms with van der Waals surface area (Å²) in [7, 11) is -5.22. The van der Waals surface area contributed by atoms with Gasteiger partial charge in [-0.15, -0.1) is 0 Å². The van der Waals surface area contributed by atoms with E-state index in [4.69, 9.17) is 0 Å². The number of rotatable bonds is 4. The second-order valence-corrected chi connectivity index (χ2v) is 5.80. The molecule has 0 atom stereocenters. The lowest BCUT2D eigenvalue weighted by molar-refractivity contribution is -0.140. The van der Waals surface area contributed by atoms with Crippen molar-refractivity contribution in [3.05, 3.63) is 0 Å². The number of hydrogen-bond donors (Lipinski definition) is 1.